The van der Waals surface area contributed by atoms with E-state index in [0.29, 0.717) is 0 Å². The Kier molecular flexibility index (Phi) is 12.3. The monoisotopic (exact) mass is 389 g/mol. The fourth-order valence-electron chi connectivity index (χ4n) is 3.90. The first kappa shape index (κ1) is 23.2. The molecule has 160 valence electrons. The van der Waals surface area contributed by atoms with E-state index in [0.717, 1.165) is 64.6 Å². The molecular formula is C24H43N3O. The molecule has 0 spiro atoms. The van der Waals surface area contributed by atoms with Crippen molar-refractivity contribution in [3.05, 3.63) is 29.8 Å². The quantitative estimate of drug-likeness (QED) is 0.443. The van der Waals surface area contributed by atoms with Gasteiger partial charge in [-0.3, -0.25) is 4.90 Å². The summed E-state index contributed by atoms with van der Waals surface area (Å²) in [7, 11) is 0. The molecule has 0 saturated carbocycles. The molecule has 0 aromatic heterocycles. The van der Waals surface area contributed by atoms with Crippen molar-refractivity contribution in [2.45, 2.75) is 71.3 Å². The molecular weight excluding hydrogens is 346 g/mol. The molecule has 0 atom stereocenters. The molecule has 28 heavy (non-hydrogen) atoms. The van der Waals surface area contributed by atoms with Crippen molar-refractivity contribution in [1.82, 2.24) is 9.80 Å². The van der Waals surface area contributed by atoms with Crippen molar-refractivity contribution < 1.29 is 4.74 Å². The Morgan fingerprint density at radius 2 is 1.54 bits per heavy atom. The van der Waals surface area contributed by atoms with E-state index in [4.69, 9.17) is 10.5 Å². The molecule has 0 unspecified atom stereocenters. The molecule has 2 N–H and O–H groups in total. The predicted molar refractivity (Wildman–Crippen MR) is 120 cm³/mol. The van der Waals surface area contributed by atoms with Crippen molar-refractivity contribution >= 4 is 0 Å². The largest absolute Gasteiger partial charge is 0.494 e. The summed E-state index contributed by atoms with van der Waals surface area (Å²) < 4.78 is 6.00. The first-order valence-corrected chi connectivity index (χ1v) is 11.7. The van der Waals surface area contributed by atoms with Crippen LogP contribution in [0.25, 0.3) is 0 Å². The fraction of sp³-hybridized carbons (Fsp3) is 0.750. The van der Waals surface area contributed by atoms with E-state index in [9.17, 15) is 0 Å². The van der Waals surface area contributed by atoms with Crippen LogP contribution in [0.2, 0.25) is 0 Å². The number of unbranched alkanes of at least 4 members (excludes halogenated alkanes) is 7. The topological polar surface area (TPSA) is 41.7 Å². The van der Waals surface area contributed by atoms with E-state index in [1.165, 1.54) is 56.9 Å². The lowest BCUT2D eigenvalue weighted by Crippen LogP contribution is -2.46. The van der Waals surface area contributed by atoms with Gasteiger partial charge >= 0.3 is 0 Å². The van der Waals surface area contributed by atoms with Crippen LogP contribution in [0.3, 0.4) is 0 Å². The van der Waals surface area contributed by atoms with Gasteiger partial charge in [0.2, 0.25) is 0 Å². The third-order valence-electron chi connectivity index (χ3n) is 5.71. The molecule has 0 bridgehead atoms. The number of nitrogens with two attached hydrogens (primary N) is 1. The van der Waals surface area contributed by atoms with Gasteiger partial charge in [0, 0.05) is 32.7 Å². The Labute approximate surface area is 173 Å². The van der Waals surface area contributed by atoms with Crippen molar-refractivity contribution in [2.75, 3.05) is 45.9 Å². The van der Waals surface area contributed by atoms with Gasteiger partial charge in [-0.2, -0.15) is 0 Å². The van der Waals surface area contributed by atoms with E-state index in [-0.39, 0.29) is 0 Å². The summed E-state index contributed by atoms with van der Waals surface area (Å²) >= 11 is 0. The zero-order valence-electron chi connectivity index (χ0n) is 18.2. The molecule has 1 heterocycles. The van der Waals surface area contributed by atoms with E-state index in [1.54, 1.807) is 0 Å². The van der Waals surface area contributed by atoms with Gasteiger partial charge in [-0.25, -0.2) is 0 Å². The summed E-state index contributed by atoms with van der Waals surface area (Å²) in [5.41, 5.74) is 6.99. The van der Waals surface area contributed by atoms with Crippen molar-refractivity contribution in [2.24, 2.45) is 5.73 Å². The van der Waals surface area contributed by atoms with Crippen LogP contribution in [-0.2, 0) is 6.54 Å². The van der Waals surface area contributed by atoms with Crippen LogP contribution < -0.4 is 10.5 Å². The highest BCUT2D eigenvalue weighted by Crippen LogP contribution is 2.17. The lowest BCUT2D eigenvalue weighted by molar-refractivity contribution is 0.126. The molecule has 1 saturated heterocycles. The summed E-state index contributed by atoms with van der Waals surface area (Å²) in [5, 5.41) is 0. The molecule has 1 aliphatic rings. The van der Waals surface area contributed by atoms with Gasteiger partial charge in [-0.15, -0.1) is 0 Å². The Morgan fingerprint density at radius 1 is 0.857 bits per heavy atom. The van der Waals surface area contributed by atoms with Gasteiger partial charge in [0.1, 0.15) is 5.75 Å². The second-order valence-corrected chi connectivity index (χ2v) is 8.23. The van der Waals surface area contributed by atoms with E-state index in [2.05, 4.69) is 41.0 Å². The highest BCUT2D eigenvalue weighted by Gasteiger charge is 2.16. The number of hydrogen-bond acceptors (Lipinski definition) is 4. The van der Waals surface area contributed by atoms with E-state index >= 15 is 0 Å². The number of ether oxygens (including phenoxy) is 1. The van der Waals surface area contributed by atoms with Crippen LogP contribution in [0.1, 0.15) is 70.3 Å². The summed E-state index contributed by atoms with van der Waals surface area (Å²) in [4.78, 5) is 5.09. The van der Waals surface area contributed by atoms with Crippen LogP contribution in [0.15, 0.2) is 24.3 Å². The third-order valence-corrected chi connectivity index (χ3v) is 5.71. The molecule has 1 aromatic carbocycles. The van der Waals surface area contributed by atoms with Crippen molar-refractivity contribution in [1.29, 1.82) is 0 Å². The first-order chi connectivity index (χ1) is 13.8. The average molecular weight is 390 g/mol. The highest BCUT2D eigenvalue weighted by molar-refractivity contribution is 5.28. The first-order valence-electron chi connectivity index (χ1n) is 11.7. The summed E-state index contributed by atoms with van der Waals surface area (Å²) in [5.74, 6) is 1.03. The van der Waals surface area contributed by atoms with Gasteiger partial charge < -0.3 is 15.4 Å². The summed E-state index contributed by atoms with van der Waals surface area (Å²) in [6.45, 7) is 10.7. The lowest BCUT2D eigenvalue weighted by atomic mass is 10.1. The minimum Gasteiger partial charge on any atom is -0.494 e. The minimum atomic E-state index is 0.798. The number of piperazine rings is 1. The van der Waals surface area contributed by atoms with Crippen LogP contribution in [0.4, 0.5) is 0 Å². The van der Waals surface area contributed by atoms with Gasteiger partial charge in [0.25, 0.3) is 0 Å². The number of benzene rings is 1. The predicted octanol–water partition coefficient (Wildman–Crippen LogP) is 4.67. The molecule has 1 fully saturated rings. The van der Waals surface area contributed by atoms with Gasteiger partial charge in [0.05, 0.1) is 6.61 Å². The van der Waals surface area contributed by atoms with Crippen LogP contribution in [-0.4, -0.2) is 55.7 Å². The maximum atomic E-state index is 6.00. The van der Waals surface area contributed by atoms with E-state index in [1.807, 2.05) is 0 Å². The maximum Gasteiger partial charge on any atom is 0.119 e. The molecule has 1 aliphatic heterocycles. The normalized spacial score (nSPS) is 15.8. The SMILES string of the molecule is CCCCCCCCCCOc1cccc(CN2CCN(CCCN)CC2)c1. The summed E-state index contributed by atoms with van der Waals surface area (Å²) in [6, 6.07) is 8.68. The Hall–Kier alpha value is -1.10. The minimum absolute atomic E-state index is 0.798. The van der Waals surface area contributed by atoms with Crippen LogP contribution in [0.5, 0.6) is 5.75 Å². The fourth-order valence-corrected chi connectivity index (χ4v) is 3.90. The van der Waals surface area contributed by atoms with Gasteiger partial charge in [-0.05, 0) is 43.6 Å². The molecule has 0 radical (unpaired) electrons. The van der Waals surface area contributed by atoms with E-state index < -0.39 is 0 Å². The zero-order valence-corrected chi connectivity index (χ0v) is 18.2. The molecule has 4 heteroatoms. The molecule has 0 aliphatic carbocycles. The molecule has 2 rings (SSSR count). The van der Waals surface area contributed by atoms with Crippen LogP contribution in [0, 0.1) is 0 Å². The van der Waals surface area contributed by atoms with Crippen molar-refractivity contribution in [3.63, 3.8) is 0 Å². The number of rotatable bonds is 15. The molecule has 0 amide bonds. The second kappa shape index (κ2) is 14.8. The second-order valence-electron chi connectivity index (χ2n) is 8.23. The van der Waals surface area contributed by atoms with Crippen LogP contribution >= 0.6 is 0 Å². The number of nitrogens with zero attached hydrogens (tertiary/aromatic N) is 2. The van der Waals surface area contributed by atoms with Gasteiger partial charge in [-0.1, -0.05) is 64.0 Å². The van der Waals surface area contributed by atoms with Crippen molar-refractivity contribution in [3.8, 4) is 5.75 Å². The molecule has 1 aromatic rings. The number of hydrogen-bond donors (Lipinski definition) is 1. The Morgan fingerprint density at radius 3 is 2.25 bits per heavy atom. The van der Waals surface area contributed by atoms with Gasteiger partial charge in [0.15, 0.2) is 0 Å². The smallest absolute Gasteiger partial charge is 0.119 e. The lowest BCUT2D eigenvalue weighted by Gasteiger charge is -2.34. The Balaban J connectivity index is 1.58. The zero-order chi connectivity index (χ0) is 19.9. The average Bonchev–Trinajstić information content (AvgIpc) is 2.72. The Bertz CT molecular complexity index is 500. The maximum absolute atomic E-state index is 6.00. The third kappa shape index (κ3) is 9.90. The highest BCUT2D eigenvalue weighted by atomic mass is 16.5. The standard InChI is InChI=1S/C24H43N3O/c1-2-3-4-5-6-7-8-9-20-28-24-13-10-12-23(21-24)22-27-18-16-26(17-19-27)15-11-14-25/h10,12-13,21H,2-9,11,14-20,22,25H2,1H3. The summed E-state index contributed by atoms with van der Waals surface area (Å²) in [6.07, 6.45) is 11.8. The molecule has 4 nitrogen and oxygen atoms in total.